The fraction of sp³-hybridized carbons (Fsp3) is 0.867. The zero-order chi connectivity index (χ0) is 13.1. The van der Waals surface area contributed by atoms with Crippen molar-refractivity contribution in [3.63, 3.8) is 0 Å². The van der Waals surface area contributed by atoms with E-state index < -0.39 is 0 Å². The first kappa shape index (κ1) is 11.5. The number of rotatable bonds is 1. The van der Waals surface area contributed by atoms with E-state index in [1.165, 1.54) is 32.1 Å². The van der Waals surface area contributed by atoms with Gasteiger partial charge in [0.2, 0.25) is 0 Å². The van der Waals surface area contributed by atoms with Crippen LogP contribution in [0, 0.1) is 29.6 Å². The van der Waals surface area contributed by atoms with Gasteiger partial charge in [-0.1, -0.05) is 5.16 Å². The lowest BCUT2D eigenvalue weighted by molar-refractivity contribution is -0.0500. The SMILES string of the molecule is C1NC(C2C3CC4CC(C3)CC2C4)CNc2nonc21. The van der Waals surface area contributed by atoms with E-state index in [2.05, 4.69) is 20.9 Å². The summed E-state index contributed by atoms with van der Waals surface area (Å²) in [4.78, 5) is 0. The maximum Gasteiger partial charge on any atom is 0.195 e. The minimum absolute atomic E-state index is 0.570. The van der Waals surface area contributed by atoms with Crippen LogP contribution in [0.5, 0.6) is 0 Å². The van der Waals surface area contributed by atoms with Gasteiger partial charge in [0.25, 0.3) is 0 Å². The second kappa shape index (κ2) is 4.20. The van der Waals surface area contributed by atoms with Gasteiger partial charge in [-0.2, -0.15) is 0 Å². The number of fused-ring (bicyclic) bond motifs is 1. The summed E-state index contributed by atoms with van der Waals surface area (Å²) in [5.41, 5.74) is 0.927. The highest BCUT2D eigenvalue weighted by molar-refractivity contribution is 5.39. The topological polar surface area (TPSA) is 63.0 Å². The van der Waals surface area contributed by atoms with E-state index in [9.17, 15) is 0 Å². The Morgan fingerprint density at radius 2 is 1.70 bits per heavy atom. The zero-order valence-electron chi connectivity index (χ0n) is 11.7. The molecule has 5 heteroatoms. The van der Waals surface area contributed by atoms with Gasteiger partial charge >= 0.3 is 0 Å². The van der Waals surface area contributed by atoms with Crippen molar-refractivity contribution < 1.29 is 4.63 Å². The molecular formula is C15H22N4O. The third-order valence-corrected chi connectivity index (χ3v) is 6.34. The summed E-state index contributed by atoms with van der Waals surface area (Å²) in [6.07, 6.45) is 7.48. The molecule has 4 saturated carbocycles. The second-order valence-corrected chi connectivity index (χ2v) is 7.44. The predicted molar refractivity (Wildman–Crippen MR) is 74.0 cm³/mol. The van der Waals surface area contributed by atoms with E-state index >= 15 is 0 Å². The normalized spacial score (nSPS) is 45.8. The third kappa shape index (κ3) is 1.65. The molecule has 0 aromatic carbocycles. The highest BCUT2D eigenvalue weighted by Crippen LogP contribution is 2.57. The molecule has 5 nitrogen and oxygen atoms in total. The minimum Gasteiger partial charge on any atom is -0.364 e. The van der Waals surface area contributed by atoms with Gasteiger partial charge in [-0.3, -0.25) is 0 Å². The summed E-state index contributed by atoms with van der Waals surface area (Å²) in [5.74, 6) is 5.72. The van der Waals surface area contributed by atoms with Crippen LogP contribution in [0.1, 0.15) is 37.8 Å². The van der Waals surface area contributed by atoms with Crippen LogP contribution in [-0.4, -0.2) is 22.9 Å². The summed E-state index contributed by atoms with van der Waals surface area (Å²) in [6.45, 7) is 1.76. The monoisotopic (exact) mass is 274 g/mol. The molecule has 1 aromatic heterocycles. The first-order valence-corrected chi connectivity index (χ1v) is 8.15. The largest absolute Gasteiger partial charge is 0.364 e. The van der Waals surface area contributed by atoms with Gasteiger partial charge in [0, 0.05) is 19.1 Å². The summed E-state index contributed by atoms with van der Waals surface area (Å²) < 4.78 is 4.80. The van der Waals surface area contributed by atoms with Crippen LogP contribution in [0.2, 0.25) is 0 Å². The Morgan fingerprint density at radius 1 is 0.950 bits per heavy atom. The molecule has 108 valence electrons. The molecular weight excluding hydrogens is 252 g/mol. The van der Waals surface area contributed by atoms with Crippen LogP contribution < -0.4 is 10.6 Å². The molecule has 2 N–H and O–H groups in total. The summed E-state index contributed by atoms with van der Waals surface area (Å²) in [6, 6.07) is 0.570. The molecule has 2 heterocycles. The van der Waals surface area contributed by atoms with Gasteiger partial charge in [0.05, 0.1) is 0 Å². The molecule has 4 aliphatic carbocycles. The van der Waals surface area contributed by atoms with Crippen LogP contribution in [0.4, 0.5) is 5.82 Å². The van der Waals surface area contributed by atoms with Crippen molar-refractivity contribution >= 4 is 5.82 Å². The Kier molecular flexibility index (Phi) is 2.42. The van der Waals surface area contributed by atoms with Crippen molar-refractivity contribution in [2.45, 2.75) is 44.7 Å². The van der Waals surface area contributed by atoms with Crippen LogP contribution in [-0.2, 0) is 6.54 Å². The third-order valence-electron chi connectivity index (χ3n) is 6.34. The first-order chi connectivity index (χ1) is 9.87. The standard InChI is InChI=1S/C15H22N4O/c1-8-2-10-4-9(1)5-11(3-8)14(10)12-6-17-15-13(7-16-12)18-20-19-15/h8-12,14,16H,1-7H2,(H,17,19). The summed E-state index contributed by atoms with van der Waals surface area (Å²) in [5, 5.41) is 15.1. The second-order valence-electron chi connectivity index (χ2n) is 7.44. The van der Waals surface area contributed by atoms with E-state index in [4.69, 9.17) is 4.63 Å². The Balaban J connectivity index is 1.37. The molecule has 0 amide bonds. The summed E-state index contributed by atoms with van der Waals surface area (Å²) in [7, 11) is 0. The number of nitrogens with one attached hydrogen (secondary N) is 2. The number of aromatic nitrogens is 2. The van der Waals surface area contributed by atoms with Gasteiger partial charge in [-0.05, 0) is 66.9 Å². The van der Waals surface area contributed by atoms with Crippen LogP contribution >= 0.6 is 0 Å². The van der Waals surface area contributed by atoms with Crippen LogP contribution in [0.15, 0.2) is 4.63 Å². The molecule has 20 heavy (non-hydrogen) atoms. The number of nitrogens with zero attached hydrogens (tertiary/aromatic N) is 2. The Hall–Kier alpha value is -1.10. The molecule has 0 saturated heterocycles. The van der Waals surface area contributed by atoms with E-state index in [-0.39, 0.29) is 0 Å². The molecule has 1 aliphatic heterocycles. The molecule has 4 fully saturated rings. The van der Waals surface area contributed by atoms with Gasteiger partial charge < -0.3 is 10.6 Å². The van der Waals surface area contributed by atoms with Gasteiger partial charge in [0.1, 0.15) is 5.69 Å². The summed E-state index contributed by atoms with van der Waals surface area (Å²) >= 11 is 0. The van der Waals surface area contributed by atoms with Crippen molar-refractivity contribution in [3.05, 3.63) is 5.69 Å². The van der Waals surface area contributed by atoms with Crippen LogP contribution in [0.3, 0.4) is 0 Å². The maximum absolute atomic E-state index is 4.80. The fourth-order valence-electron chi connectivity index (χ4n) is 5.86. The molecule has 0 radical (unpaired) electrons. The molecule has 6 rings (SSSR count). The lowest BCUT2D eigenvalue weighted by atomic mass is 9.50. The predicted octanol–water partition coefficient (Wildman–Crippen LogP) is 2.03. The Labute approximate surface area is 118 Å². The van der Waals surface area contributed by atoms with Crippen molar-refractivity contribution in [1.82, 2.24) is 15.6 Å². The highest BCUT2D eigenvalue weighted by Gasteiger charge is 2.50. The lowest BCUT2D eigenvalue weighted by Crippen LogP contribution is -2.54. The Morgan fingerprint density at radius 3 is 2.45 bits per heavy atom. The van der Waals surface area contributed by atoms with E-state index in [1.807, 2.05) is 0 Å². The average molecular weight is 274 g/mol. The average Bonchev–Trinajstić information content (AvgIpc) is 2.79. The molecule has 0 spiro atoms. The molecule has 5 aliphatic rings. The quantitative estimate of drug-likeness (QED) is 0.820. The lowest BCUT2D eigenvalue weighted by Gasteiger charge is -2.56. The Bertz CT molecular complexity index is 463. The molecule has 4 bridgehead atoms. The fourth-order valence-corrected chi connectivity index (χ4v) is 5.86. The maximum atomic E-state index is 4.80. The number of anilines is 1. The van der Waals surface area contributed by atoms with Gasteiger partial charge in [-0.25, -0.2) is 4.63 Å². The van der Waals surface area contributed by atoms with E-state index in [1.54, 1.807) is 0 Å². The van der Waals surface area contributed by atoms with Crippen molar-refractivity contribution in [3.8, 4) is 0 Å². The molecule has 1 aromatic rings. The van der Waals surface area contributed by atoms with Gasteiger partial charge in [0.15, 0.2) is 5.82 Å². The van der Waals surface area contributed by atoms with Crippen molar-refractivity contribution in [2.75, 3.05) is 11.9 Å². The number of hydrogen-bond acceptors (Lipinski definition) is 5. The van der Waals surface area contributed by atoms with Crippen molar-refractivity contribution in [2.24, 2.45) is 29.6 Å². The highest BCUT2D eigenvalue weighted by atomic mass is 16.6. The van der Waals surface area contributed by atoms with E-state index in [0.717, 1.165) is 54.2 Å². The first-order valence-electron chi connectivity index (χ1n) is 8.15. The van der Waals surface area contributed by atoms with Crippen molar-refractivity contribution in [1.29, 1.82) is 0 Å². The van der Waals surface area contributed by atoms with Crippen LogP contribution in [0.25, 0.3) is 0 Å². The smallest absolute Gasteiger partial charge is 0.195 e. The number of hydrogen-bond donors (Lipinski definition) is 2. The van der Waals surface area contributed by atoms with E-state index in [0.29, 0.717) is 6.04 Å². The zero-order valence-corrected chi connectivity index (χ0v) is 11.7. The molecule has 1 unspecified atom stereocenters. The minimum atomic E-state index is 0.570. The van der Waals surface area contributed by atoms with Gasteiger partial charge in [-0.15, -0.1) is 0 Å². The molecule has 1 atom stereocenters.